The van der Waals surface area contributed by atoms with Crippen LogP contribution in [-0.4, -0.2) is 33.1 Å². The largest absolute Gasteiger partial charge is 0.463 e. The highest BCUT2D eigenvalue weighted by Crippen LogP contribution is 2.37. The minimum absolute atomic E-state index is 0.325. The maximum Gasteiger partial charge on any atom is 0.338 e. The number of carbonyl (C=O) groups is 1. The highest BCUT2D eigenvalue weighted by Gasteiger charge is 2.35. The zero-order chi connectivity index (χ0) is 20.8. The van der Waals surface area contributed by atoms with Crippen molar-refractivity contribution < 1.29 is 9.53 Å². The third-order valence-electron chi connectivity index (χ3n) is 4.74. The first kappa shape index (κ1) is 21.9. The topological polar surface area (TPSA) is 69.0 Å². The SMILES string of the molecule is CCCCCCSc1nc2n(n1)[C@H](c1ccc(Br)cc1)C(C(=O)OCC)=C(C)N2. The van der Waals surface area contributed by atoms with E-state index in [2.05, 4.69) is 33.2 Å². The molecule has 0 bridgehead atoms. The van der Waals surface area contributed by atoms with E-state index >= 15 is 0 Å². The van der Waals surface area contributed by atoms with Crippen LogP contribution in [0.5, 0.6) is 0 Å². The summed E-state index contributed by atoms with van der Waals surface area (Å²) < 4.78 is 8.12. The smallest absolute Gasteiger partial charge is 0.338 e. The van der Waals surface area contributed by atoms with Crippen LogP contribution in [0.4, 0.5) is 5.95 Å². The zero-order valence-electron chi connectivity index (χ0n) is 17.1. The lowest BCUT2D eigenvalue weighted by Crippen LogP contribution is -2.29. The molecule has 1 aromatic carbocycles. The van der Waals surface area contributed by atoms with E-state index in [1.54, 1.807) is 16.4 Å². The molecule has 0 amide bonds. The van der Waals surface area contributed by atoms with Gasteiger partial charge in [-0.15, -0.1) is 5.10 Å². The fourth-order valence-electron chi connectivity index (χ4n) is 3.31. The van der Waals surface area contributed by atoms with Crippen molar-refractivity contribution in [3.63, 3.8) is 0 Å². The summed E-state index contributed by atoms with van der Waals surface area (Å²) in [5.74, 6) is 1.31. The second-order valence-corrected chi connectivity index (χ2v) is 8.89. The van der Waals surface area contributed by atoms with Gasteiger partial charge in [0.25, 0.3) is 0 Å². The van der Waals surface area contributed by atoms with Crippen molar-refractivity contribution in [3.05, 3.63) is 45.6 Å². The van der Waals surface area contributed by atoms with Crippen molar-refractivity contribution >= 4 is 39.6 Å². The maximum absolute atomic E-state index is 12.8. The Hall–Kier alpha value is -1.80. The average molecular weight is 479 g/mol. The predicted molar refractivity (Wildman–Crippen MR) is 120 cm³/mol. The fraction of sp³-hybridized carbons (Fsp3) is 0.476. The van der Waals surface area contributed by atoms with Gasteiger partial charge in [-0.2, -0.15) is 4.98 Å². The van der Waals surface area contributed by atoms with Crippen molar-refractivity contribution in [3.8, 4) is 0 Å². The number of halogens is 1. The highest BCUT2D eigenvalue weighted by molar-refractivity contribution is 9.10. The first-order valence-corrected chi connectivity index (χ1v) is 11.8. The van der Waals surface area contributed by atoms with Crippen molar-refractivity contribution in [1.29, 1.82) is 0 Å². The molecule has 0 aliphatic carbocycles. The standard InChI is InChI=1S/C21H27BrN4O2S/c1-4-6-7-8-13-29-21-24-20-23-14(3)17(19(27)28-5-2)18(26(20)25-21)15-9-11-16(22)12-10-15/h9-12,18H,4-8,13H2,1-3H3,(H,23,24,25)/t18-/m1/s1. The Labute approximate surface area is 184 Å². The molecule has 0 spiro atoms. The van der Waals surface area contributed by atoms with Gasteiger partial charge in [0.2, 0.25) is 11.1 Å². The molecule has 0 saturated carbocycles. The van der Waals surface area contributed by atoms with Gasteiger partial charge in [0.15, 0.2) is 0 Å². The van der Waals surface area contributed by atoms with Gasteiger partial charge in [-0.1, -0.05) is 66.0 Å². The molecule has 0 fully saturated rings. The third-order valence-corrected chi connectivity index (χ3v) is 6.20. The van der Waals surface area contributed by atoms with Crippen LogP contribution >= 0.6 is 27.7 Å². The summed E-state index contributed by atoms with van der Waals surface area (Å²) in [7, 11) is 0. The summed E-state index contributed by atoms with van der Waals surface area (Å²) in [5.41, 5.74) is 2.27. The van der Waals surface area contributed by atoms with Crippen molar-refractivity contribution in [1.82, 2.24) is 14.8 Å². The van der Waals surface area contributed by atoms with E-state index in [0.29, 0.717) is 18.1 Å². The van der Waals surface area contributed by atoms with Crippen LogP contribution in [0, 0.1) is 0 Å². The quantitative estimate of drug-likeness (QED) is 0.288. The van der Waals surface area contributed by atoms with E-state index in [4.69, 9.17) is 9.84 Å². The molecule has 1 N–H and O–H groups in total. The van der Waals surface area contributed by atoms with E-state index in [-0.39, 0.29) is 12.0 Å². The summed E-state index contributed by atoms with van der Waals surface area (Å²) in [5, 5.41) is 8.69. The second-order valence-electron chi connectivity index (χ2n) is 6.91. The summed E-state index contributed by atoms with van der Waals surface area (Å²) in [6, 6.07) is 7.55. The Kier molecular flexibility index (Phi) is 7.77. The normalized spacial score (nSPS) is 15.8. The monoisotopic (exact) mass is 478 g/mol. The molecule has 1 aliphatic heterocycles. The summed E-state index contributed by atoms with van der Waals surface area (Å²) in [4.78, 5) is 17.4. The molecule has 1 aromatic heterocycles. The van der Waals surface area contributed by atoms with E-state index in [1.165, 1.54) is 19.3 Å². The molecule has 1 atom stereocenters. The first-order valence-electron chi connectivity index (χ1n) is 10.0. The van der Waals surface area contributed by atoms with E-state index < -0.39 is 0 Å². The molecule has 8 heteroatoms. The number of carbonyl (C=O) groups excluding carboxylic acids is 1. The lowest BCUT2D eigenvalue weighted by Gasteiger charge is -2.28. The fourth-order valence-corrected chi connectivity index (χ4v) is 4.40. The molecule has 0 saturated heterocycles. The molecule has 0 unspecified atom stereocenters. The van der Waals surface area contributed by atoms with Crippen LogP contribution in [-0.2, 0) is 9.53 Å². The van der Waals surface area contributed by atoms with Crippen LogP contribution in [0.25, 0.3) is 0 Å². The predicted octanol–water partition coefficient (Wildman–Crippen LogP) is 5.57. The number of aromatic nitrogens is 3. The zero-order valence-corrected chi connectivity index (χ0v) is 19.5. The molecule has 3 rings (SSSR count). The number of thioether (sulfide) groups is 1. The van der Waals surface area contributed by atoms with Crippen LogP contribution in [0.15, 0.2) is 45.2 Å². The van der Waals surface area contributed by atoms with Gasteiger partial charge in [0.1, 0.15) is 6.04 Å². The molecule has 6 nitrogen and oxygen atoms in total. The number of allylic oxidation sites excluding steroid dienone is 1. The molecule has 0 radical (unpaired) electrons. The van der Waals surface area contributed by atoms with Gasteiger partial charge in [-0.3, -0.25) is 0 Å². The number of hydrogen-bond acceptors (Lipinski definition) is 6. The van der Waals surface area contributed by atoms with Gasteiger partial charge in [-0.05, 0) is 38.0 Å². The van der Waals surface area contributed by atoms with Gasteiger partial charge in [0, 0.05) is 15.9 Å². The highest BCUT2D eigenvalue weighted by atomic mass is 79.9. The van der Waals surface area contributed by atoms with Crippen LogP contribution in [0.3, 0.4) is 0 Å². The Morgan fingerprint density at radius 1 is 1.24 bits per heavy atom. The van der Waals surface area contributed by atoms with Gasteiger partial charge in [0.05, 0.1) is 12.2 Å². The molecule has 29 heavy (non-hydrogen) atoms. The number of nitrogens with one attached hydrogen (secondary N) is 1. The number of hydrogen-bond donors (Lipinski definition) is 1. The number of fused-ring (bicyclic) bond motifs is 1. The lowest BCUT2D eigenvalue weighted by molar-refractivity contribution is -0.139. The Balaban J connectivity index is 1.91. The average Bonchev–Trinajstić information content (AvgIpc) is 3.10. The number of benzene rings is 1. The van der Waals surface area contributed by atoms with Crippen LogP contribution < -0.4 is 5.32 Å². The minimum atomic E-state index is -0.375. The molecular formula is C21H27BrN4O2S. The summed E-state index contributed by atoms with van der Waals surface area (Å²) in [6.07, 6.45) is 4.86. The third kappa shape index (κ3) is 5.22. The van der Waals surface area contributed by atoms with Gasteiger partial charge in [-0.25, -0.2) is 9.48 Å². The summed E-state index contributed by atoms with van der Waals surface area (Å²) in [6.45, 7) is 6.23. The molecule has 1 aliphatic rings. The number of anilines is 1. The molecule has 2 heterocycles. The first-order chi connectivity index (χ1) is 14.0. The molecule has 156 valence electrons. The van der Waals surface area contributed by atoms with E-state index in [0.717, 1.165) is 33.1 Å². The minimum Gasteiger partial charge on any atom is -0.463 e. The molecular weight excluding hydrogens is 452 g/mol. The van der Waals surface area contributed by atoms with Gasteiger partial charge < -0.3 is 10.1 Å². The number of ether oxygens (including phenoxy) is 1. The second kappa shape index (κ2) is 10.3. The summed E-state index contributed by atoms with van der Waals surface area (Å²) >= 11 is 5.14. The van der Waals surface area contributed by atoms with Crippen molar-refractivity contribution in [2.45, 2.75) is 57.7 Å². The number of unbranched alkanes of at least 4 members (excludes halogenated alkanes) is 3. The molecule has 2 aromatic rings. The number of esters is 1. The van der Waals surface area contributed by atoms with Crippen LogP contribution in [0.2, 0.25) is 0 Å². The Bertz CT molecular complexity index is 879. The van der Waals surface area contributed by atoms with Crippen LogP contribution in [0.1, 0.15) is 58.1 Å². The van der Waals surface area contributed by atoms with Gasteiger partial charge >= 0.3 is 5.97 Å². The lowest BCUT2D eigenvalue weighted by atomic mass is 9.96. The van der Waals surface area contributed by atoms with E-state index in [9.17, 15) is 4.79 Å². The van der Waals surface area contributed by atoms with Crippen molar-refractivity contribution in [2.24, 2.45) is 0 Å². The maximum atomic E-state index is 12.8. The van der Waals surface area contributed by atoms with E-state index in [1.807, 2.05) is 38.1 Å². The Morgan fingerprint density at radius 2 is 2.00 bits per heavy atom. The Morgan fingerprint density at radius 3 is 2.69 bits per heavy atom. The number of rotatable bonds is 9. The van der Waals surface area contributed by atoms with Crippen molar-refractivity contribution in [2.75, 3.05) is 17.7 Å². The number of nitrogens with zero attached hydrogens (tertiary/aromatic N) is 3.